The Balaban J connectivity index is 2.51. The Bertz CT molecular complexity index is 623. The number of halogens is 2. The second-order valence-corrected chi connectivity index (χ2v) is 7.23. The quantitative estimate of drug-likeness (QED) is 0.825. The average Bonchev–Trinajstić information content (AvgIpc) is 2.75. The van der Waals surface area contributed by atoms with Crippen LogP contribution in [0.5, 0.6) is 0 Å². The summed E-state index contributed by atoms with van der Waals surface area (Å²) in [4.78, 5) is -0.546. The third-order valence-electron chi connectivity index (χ3n) is 3.64. The fourth-order valence-corrected chi connectivity index (χ4v) is 4.58. The molecule has 3 N–H and O–H groups in total. The van der Waals surface area contributed by atoms with E-state index in [2.05, 4.69) is 0 Å². The minimum atomic E-state index is -4.07. The number of hydrogen-bond acceptors (Lipinski definition) is 4. The van der Waals surface area contributed by atoms with Crippen molar-refractivity contribution in [3.63, 3.8) is 0 Å². The van der Waals surface area contributed by atoms with Crippen LogP contribution < -0.4 is 5.73 Å². The number of nitrogens with two attached hydrogens (primary N) is 1. The van der Waals surface area contributed by atoms with Gasteiger partial charge in [0.2, 0.25) is 10.0 Å². The van der Waals surface area contributed by atoms with Gasteiger partial charge in [-0.1, -0.05) is 18.5 Å². The normalized spacial score (nSPS) is 24.2. The molecule has 1 aliphatic heterocycles. The number of aliphatic hydroxyl groups excluding tert-OH is 1. The zero-order chi connectivity index (χ0) is 15.1. The molecule has 2 unspecified atom stereocenters. The molecule has 0 bridgehead atoms. The summed E-state index contributed by atoms with van der Waals surface area (Å²) in [7, 11) is -4.07. The van der Waals surface area contributed by atoms with E-state index in [0.29, 0.717) is 6.42 Å². The van der Waals surface area contributed by atoms with Gasteiger partial charge in [-0.15, -0.1) is 0 Å². The first kappa shape index (κ1) is 15.5. The predicted molar refractivity (Wildman–Crippen MR) is 74.4 cm³/mol. The van der Waals surface area contributed by atoms with Crippen LogP contribution >= 0.6 is 11.6 Å². The molecular weight excluding hydrogens is 307 g/mol. The molecule has 8 heteroatoms. The number of nitrogen functional groups attached to an aromatic ring is 1. The molecule has 1 heterocycles. The van der Waals surface area contributed by atoms with Crippen LogP contribution in [0.3, 0.4) is 0 Å². The molecule has 2 atom stereocenters. The van der Waals surface area contributed by atoms with Gasteiger partial charge in [0.1, 0.15) is 4.90 Å². The van der Waals surface area contributed by atoms with Gasteiger partial charge < -0.3 is 10.8 Å². The summed E-state index contributed by atoms with van der Waals surface area (Å²) >= 11 is 5.75. The first-order chi connectivity index (χ1) is 9.28. The highest BCUT2D eigenvalue weighted by molar-refractivity contribution is 7.89. The second kappa shape index (κ2) is 5.48. The molecule has 0 radical (unpaired) electrons. The zero-order valence-corrected chi connectivity index (χ0v) is 12.5. The molecule has 0 spiro atoms. The van der Waals surface area contributed by atoms with Crippen molar-refractivity contribution in [1.82, 2.24) is 4.31 Å². The summed E-state index contributed by atoms with van der Waals surface area (Å²) in [5.74, 6) is -1.000. The maximum Gasteiger partial charge on any atom is 0.246 e. The summed E-state index contributed by atoms with van der Waals surface area (Å²) in [5.41, 5.74) is 5.10. The molecule has 1 aromatic rings. The highest BCUT2D eigenvalue weighted by Crippen LogP contribution is 2.33. The van der Waals surface area contributed by atoms with Gasteiger partial charge in [0.15, 0.2) is 5.82 Å². The molecule has 112 valence electrons. The number of aliphatic hydroxyl groups is 1. The van der Waals surface area contributed by atoms with E-state index in [-0.39, 0.29) is 29.8 Å². The number of nitrogens with zero attached hydrogens (tertiary/aromatic N) is 1. The SMILES string of the molecule is CC1CCN(S(=O)(=O)c2cc(Cl)cc(N)c2F)C1CO. The fourth-order valence-electron chi connectivity index (χ4n) is 2.44. The molecule has 1 aromatic carbocycles. The Labute approximate surface area is 122 Å². The third kappa shape index (κ3) is 2.50. The zero-order valence-electron chi connectivity index (χ0n) is 10.9. The van der Waals surface area contributed by atoms with Crippen LogP contribution in [0, 0.1) is 11.7 Å². The van der Waals surface area contributed by atoms with Gasteiger partial charge in [-0.25, -0.2) is 12.8 Å². The van der Waals surface area contributed by atoms with E-state index in [4.69, 9.17) is 17.3 Å². The Morgan fingerprint density at radius 1 is 1.55 bits per heavy atom. The minimum Gasteiger partial charge on any atom is -0.396 e. The van der Waals surface area contributed by atoms with Gasteiger partial charge in [-0.2, -0.15) is 4.31 Å². The molecule has 1 fully saturated rings. The Morgan fingerprint density at radius 2 is 2.20 bits per heavy atom. The van der Waals surface area contributed by atoms with Crippen molar-refractivity contribution in [2.75, 3.05) is 18.9 Å². The first-order valence-electron chi connectivity index (χ1n) is 6.16. The summed E-state index contributed by atoms with van der Waals surface area (Å²) in [6.45, 7) is 1.78. The van der Waals surface area contributed by atoms with Crippen molar-refractivity contribution in [3.8, 4) is 0 Å². The minimum absolute atomic E-state index is 0.00867. The van der Waals surface area contributed by atoms with Crippen molar-refractivity contribution in [1.29, 1.82) is 0 Å². The number of anilines is 1. The fraction of sp³-hybridized carbons (Fsp3) is 0.500. The van der Waals surface area contributed by atoms with Crippen LogP contribution in [0.4, 0.5) is 10.1 Å². The van der Waals surface area contributed by atoms with Crippen molar-refractivity contribution >= 4 is 27.3 Å². The Morgan fingerprint density at radius 3 is 2.80 bits per heavy atom. The lowest BCUT2D eigenvalue weighted by Crippen LogP contribution is -2.40. The second-order valence-electron chi connectivity index (χ2n) is 4.94. The molecule has 0 aliphatic carbocycles. The van der Waals surface area contributed by atoms with Crippen LogP contribution in [0.15, 0.2) is 17.0 Å². The smallest absolute Gasteiger partial charge is 0.246 e. The average molecular weight is 323 g/mol. The lowest BCUT2D eigenvalue weighted by Gasteiger charge is -2.25. The third-order valence-corrected chi connectivity index (χ3v) is 5.78. The summed E-state index contributed by atoms with van der Waals surface area (Å²) in [6.07, 6.45) is 0.613. The van der Waals surface area contributed by atoms with Crippen LogP contribution in [-0.2, 0) is 10.0 Å². The molecule has 2 rings (SSSR count). The van der Waals surface area contributed by atoms with Crippen LogP contribution in [-0.4, -0.2) is 37.0 Å². The largest absolute Gasteiger partial charge is 0.396 e. The van der Waals surface area contributed by atoms with Crippen molar-refractivity contribution < 1.29 is 17.9 Å². The lowest BCUT2D eigenvalue weighted by atomic mass is 10.0. The molecule has 20 heavy (non-hydrogen) atoms. The van der Waals surface area contributed by atoms with Crippen LogP contribution in [0.25, 0.3) is 0 Å². The molecule has 1 aliphatic rings. The maximum atomic E-state index is 14.0. The molecule has 0 saturated carbocycles. The molecule has 0 amide bonds. The molecule has 5 nitrogen and oxygen atoms in total. The van der Waals surface area contributed by atoms with E-state index < -0.39 is 26.8 Å². The van der Waals surface area contributed by atoms with Gasteiger partial charge in [-0.3, -0.25) is 0 Å². The monoisotopic (exact) mass is 322 g/mol. The van der Waals surface area contributed by atoms with E-state index in [0.717, 1.165) is 16.4 Å². The predicted octanol–water partition coefficient (Wildman–Crippen LogP) is 1.45. The standard InChI is InChI=1S/C12H16ClFN2O3S/c1-7-2-3-16(10(7)6-17)20(18,19)11-5-8(13)4-9(15)12(11)14/h4-5,7,10,17H,2-3,6,15H2,1H3. The highest BCUT2D eigenvalue weighted by Gasteiger charge is 2.40. The highest BCUT2D eigenvalue weighted by atomic mass is 35.5. The van der Waals surface area contributed by atoms with Gasteiger partial charge in [0, 0.05) is 11.6 Å². The van der Waals surface area contributed by atoms with Gasteiger partial charge >= 0.3 is 0 Å². The van der Waals surface area contributed by atoms with Gasteiger partial charge in [0.25, 0.3) is 0 Å². The number of hydrogen-bond donors (Lipinski definition) is 2. The molecular formula is C12H16ClFN2O3S. The van der Waals surface area contributed by atoms with E-state index in [1.165, 1.54) is 0 Å². The maximum absolute atomic E-state index is 14.0. The van der Waals surface area contributed by atoms with E-state index >= 15 is 0 Å². The summed E-state index contributed by atoms with van der Waals surface area (Å²) < 4.78 is 40.2. The number of benzene rings is 1. The number of sulfonamides is 1. The van der Waals surface area contributed by atoms with Gasteiger partial charge in [-0.05, 0) is 24.5 Å². The van der Waals surface area contributed by atoms with Crippen LogP contribution in [0.2, 0.25) is 5.02 Å². The Kier molecular flexibility index (Phi) is 4.24. The van der Waals surface area contributed by atoms with Crippen LogP contribution in [0.1, 0.15) is 13.3 Å². The molecule has 0 aromatic heterocycles. The molecule has 1 saturated heterocycles. The summed E-state index contributed by atoms with van der Waals surface area (Å²) in [5, 5.41) is 9.40. The topological polar surface area (TPSA) is 83.6 Å². The lowest BCUT2D eigenvalue weighted by molar-refractivity contribution is 0.191. The summed E-state index contributed by atoms with van der Waals surface area (Å²) in [6, 6.07) is 1.64. The number of rotatable bonds is 3. The Hall–Kier alpha value is -0.890. The van der Waals surface area contributed by atoms with Crippen molar-refractivity contribution in [2.24, 2.45) is 5.92 Å². The van der Waals surface area contributed by atoms with E-state index in [1.54, 1.807) is 0 Å². The van der Waals surface area contributed by atoms with E-state index in [1.807, 2.05) is 6.92 Å². The van der Waals surface area contributed by atoms with Crippen molar-refractivity contribution in [3.05, 3.63) is 23.0 Å². The first-order valence-corrected chi connectivity index (χ1v) is 7.98. The van der Waals surface area contributed by atoms with E-state index in [9.17, 15) is 17.9 Å². The van der Waals surface area contributed by atoms with Crippen molar-refractivity contribution in [2.45, 2.75) is 24.3 Å². The van der Waals surface area contributed by atoms with Gasteiger partial charge in [0.05, 0.1) is 18.3 Å².